The zero-order chi connectivity index (χ0) is 11.8. The zero-order valence-electron chi connectivity index (χ0n) is 9.43. The zero-order valence-corrected chi connectivity index (χ0v) is 9.43. The number of aryl methyl sites for hydroxylation is 1. The van der Waals surface area contributed by atoms with Crippen LogP contribution in [0.2, 0.25) is 0 Å². The maximum absolute atomic E-state index is 11.7. The molecule has 0 bridgehead atoms. The Hall–Kier alpha value is -1.81. The molecule has 4 heteroatoms. The lowest BCUT2D eigenvalue weighted by Gasteiger charge is -2.05. The fourth-order valence-electron chi connectivity index (χ4n) is 1.70. The topological polar surface area (TPSA) is 52.0 Å². The van der Waals surface area contributed by atoms with Crippen LogP contribution in [0.25, 0.3) is 11.0 Å². The van der Waals surface area contributed by atoms with Crippen molar-refractivity contribution in [3.05, 3.63) is 40.2 Å². The molecule has 1 aliphatic heterocycles. The van der Waals surface area contributed by atoms with Gasteiger partial charge in [0.05, 0.1) is 12.0 Å². The summed E-state index contributed by atoms with van der Waals surface area (Å²) in [5.41, 5.74) is 0.532. The number of benzene rings is 1. The SMILES string of the molecule is Cc1cc(=O)c2ccc(OCC3CO3)cc2o1. The van der Waals surface area contributed by atoms with E-state index in [1.807, 2.05) is 0 Å². The summed E-state index contributed by atoms with van der Waals surface area (Å²) in [6, 6.07) is 6.73. The second-order valence-electron chi connectivity index (χ2n) is 4.15. The van der Waals surface area contributed by atoms with Crippen LogP contribution in [0.5, 0.6) is 5.75 Å². The summed E-state index contributed by atoms with van der Waals surface area (Å²) in [7, 11) is 0. The molecule has 2 aromatic rings. The van der Waals surface area contributed by atoms with Gasteiger partial charge in [-0.05, 0) is 19.1 Å². The van der Waals surface area contributed by atoms with Gasteiger partial charge in [-0.1, -0.05) is 0 Å². The normalized spacial score (nSPS) is 18.3. The first-order valence-electron chi connectivity index (χ1n) is 5.51. The van der Waals surface area contributed by atoms with Crippen LogP contribution in [0.15, 0.2) is 33.5 Å². The van der Waals surface area contributed by atoms with E-state index < -0.39 is 0 Å². The summed E-state index contributed by atoms with van der Waals surface area (Å²) < 4.78 is 16.1. The van der Waals surface area contributed by atoms with E-state index in [-0.39, 0.29) is 11.5 Å². The van der Waals surface area contributed by atoms with Crippen molar-refractivity contribution in [2.75, 3.05) is 13.2 Å². The van der Waals surface area contributed by atoms with Crippen molar-refractivity contribution in [2.24, 2.45) is 0 Å². The highest BCUT2D eigenvalue weighted by atomic mass is 16.6. The molecule has 0 saturated carbocycles. The highest BCUT2D eigenvalue weighted by Crippen LogP contribution is 2.20. The maximum Gasteiger partial charge on any atom is 0.192 e. The summed E-state index contributed by atoms with van der Waals surface area (Å²) in [6.45, 7) is 3.07. The molecule has 0 amide bonds. The van der Waals surface area contributed by atoms with E-state index in [2.05, 4.69) is 0 Å². The van der Waals surface area contributed by atoms with E-state index in [4.69, 9.17) is 13.9 Å². The Balaban J connectivity index is 1.96. The van der Waals surface area contributed by atoms with Gasteiger partial charge >= 0.3 is 0 Å². The predicted octanol–water partition coefficient (Wildman–Crippen LogP) is 1.88. The van der Waals surface area contributed by atoms with Crippen molar-refractivity contribution >= 4 is 11.0 Å². The van der Waals surface area contributed by atoms with Gasteiger partial charge in [0.25, 0.3) is 0 Å². The Kier molecular flexibility index (Phi) is 2.37. The second-order valence-corrected chi connectivity index (χ2v) is 4.15. The highest BCUT2D eigenvalue weighted by Gasteiger charge is 2.23. The molecule has 1 unspecified atom stereocenters. The first-order chi connectivity index (χ1) is 8.22. The molecule has 88 valence electrons. The van der Waals surface area contributed by atoms with Gasteiger partial charge in [0.1, 0.15) is 29.8 Å². The van der Waals surface area contributed by atoms with E-state index in [1.165, 1.54) is 6.07 Å². The van der Waals surface area contributed by atoms with Crippen molar-refractivity contribution in [2.45, 2.75) is 13.0 Å². The number of hydrogen-bond acceptors (Lipinski definition) is 4. The summed E-state index contributed by atoms with van der Waals surface area (Å²) >= 11 is 0. The van der Waals surface area contributed by atoms with Crippen LogP contribution in [-0.4, -0.2) is 19.3 Å². The Morgan fingerprint density at radius 1 is 1.41 bits per heavy atom. The molecule has 3 rings (SSSR count). The first kappa shape index (κ1) is 10.4. The van der Waals surface area contributed by atoms with E-state index >= 15 is 0 Å². The number of ether oxygens (including phenoxy) is 2. The van der Waals surface area contributed by atoms with Crippen LogP contribution in [0, 0.1) is 6.92 Å². The second kappa shape index (κ2) is 3.89. The van der Waals surface area contributed by atoms with Crippen molar-refractivity contribution in [3.63, 3.8) is 0 Å². The largest absolute Gasteiger partial charge is 0.491 e. The summed E-state index contributed by atoms with van der Waals surface area (Å²) in [4.78, 5) is 11.7. The van der Waals surface area contributed by atoms with E-state index in [9.17, 15) is 4.79 Å². The third-order valence-corrected chi connectivity index (χ3v) is 2.66. The highest BCUT2D eigenvalue weighted by molar-refractivity contribution is 5.77. The van der Waals surface area contributed by atoms with Gasteiger partial charge in [0, 0.05) is 12.1 Å². The minimum atomic E-state index is -0.0270. The van der Waals surface area contributed by atoms with Gasteiger partial charge in [0.15, 0.2) is 5.43 Å². The Bertz CT molecular complexity index is 610. The molecule has 0 radical (unpaired) electrons. The molecule has 17 heavy (non-hydrogen) atoms. The quantitative estimate of drug-likeness (QED) is 0.758. The molecule has 0 N–H and O–H groups in total. The average molecular weight is 232 g/mol. The van der Waals surface area contributed by atoms with E-state index in [0.29, 0.717) is 29.1 Å². The molecule has 1 saturated heterocycles. The van der Waals surface area contributed by atoms with Crippen LogP contribution in [0.4, 0.5) is 0 Å². The third kappa shape index (κ3) is 2.17. The maximum atomic E-state index is 11.7. The molecule has 1 fully saturated rings. The fourth-order valence-corrected chi connectivity index (χ4v) is 1.70. The predicted molar refractivity (Wildman–Crippen MR) is 62.5 cm³/mol. The molecule has 2 heterocycles. The molecule has 1 aromatic carbocycles. The number of epoxide rings is 1. The van der Waals surface area contributed by atoms with E-state index in [1.54, 1.807) is 25.1 Å². The monoisotopic (exact) mass is 232 g/mol. The standard InChI is InChI=1S/C13H12O4/c1-8-4-12(14)11-3-2-9(5-13(11)17-8)15-6-10-7-16-10/h2-5,10H,6-7H2,1H3. The van der Waals surface area contributed by atoms with Gasteiger partial charge in [0.2, 0.25) is 0 Å². The van der Waals surface area contributed by atoms with Gasteiger partial charge in [-0.15, -0.1) is 0 Å². The van der Waals surface area contributed by atoms with Crippen LogP contribution in [0.1, 0.15) is 5.76 Å². The Labute approximate surface area is 97.8 Å². The Morgan fingerprint density at radius 3 is 3.00 bits per heavy atom. The van der Waals surface area contributed by atoms with Crippen LogP contribution >= 0.6 is 0 Å². The minimum absolute atomic E-state index is 0.0270. The van der Waals surface area contributed by atoms with Crippen LogP contribution < -0.4 is 10.2 Å². The summed E-state index contributed by atoms with van der Waals surface area (Å²) in [5.74, 6) is 1.30. The first-order valence-corrected chi connectivity index (χ1v) is 5.51. The molecule has 1 atom stereocenters. The lowest BCUT2D eigenvalue weighted by molar-refractivity contribution is 0.263. The smallest absolute Gasteiger partial charge is 0.192 e. The van der Waals surface area contributed by atoms with Gasteiger partial charge in [-0.3, -0.25) is 4.79 Å². The number of rotatable bonds is 3. The lowest BCUT2D eigenvalue weighted by atomic mass is 10.2. The van der Waals surface area contributed by atoms with Gasteiger partial charge < -0.3 is 13.9 Å². The Morgan fingerprint density at radius 2 is 2.24 bits per heavy atom. The van der Waals surface area contributed by atoms with Crippen molar-refractivity contribution < 1.29 is 13.9 Å². The fraction of sp³-hybridized carbons (Fsp3) is 0.308. The van der Waals surface area contributed by atoms with Gasteiger partial charge in [-0.2, -0.15) is 0 Å². The molecule has 1 aliphatic rings. The molecule has 0 spiro atoms. The van der Waals surface area contributed by atoms with Crippen molar-refractivity contribution in [3.8, 4) is 5.75 Å². The molecule has 0 aliphatic carbocycles. The molecular formula is C13H12O4. The molecule has 1 aromatic heterocycles. The molecular weight excluding hydrogens is 220 g/mol. The number of fused-ring (bicyclic) bond motifs is 1. The minimum Gasteiger partial charge on any atom is -0.491 e. The number of hydrogen-bond donors (Lipinski definition) is 0. The van der Waals surface area contributed by atoms with Crippen molar-refractivity contribution in [1.29, 1.82) is 0 Å². The summed E-state index contributed by atoms with van der Waals surface area (Å²) in [6.07, 6.45) is 0.218. The molecule has 4 nitrogen and oxygen atoms in total. The summed E-state index contributed by atoms with van der Waals surface area (Å²) in [5, 5.41) is 0.575. The van der Waals surface area contributed by atoms with Crippen LogP contribution in [-0.2, 0) is 4.74 Å². The van der Waals surface area contributed by atoms with Gasteiger partial charge in [-0.25, -0.2) is 0 Å². The van der Waals surface area contributed by atoms with Crippen molar-refractivity contribution in [1.82, 2.24) is 0 Å². The average Bonchev–Trinajstić information content (AvgIpc) is 3.09. The van der Waals surface area contributed by atoms with Crippen LogP contribution in [0.3, 0.4) is 0 Å². The van der Waals surface area contributed by atoms with E-state index in [0.717, 1.165) is 6.61 Å². The third-order valence-electron chi connectivity index (χ3n) is 2.66. The lowest BCUT2D eigenvalue weighted by Crippen LogP contribution is -2.05.